The molecular weight excluding hydrogens is 482 g/mol. The van der Waals surface area contributed by atoms with Gasteiger partial charge in [0.1, 0.15) is 13.2 Å². The van der Waals surface area contributed by atoms with Gasteiger partial charge in [0.05, 0.1) is 91.1 Å². The molecule has 37 heavy (non-hydrogen) atoms. The van der Waals surface area contributed by atoms with Crippen LogP contribution in [0, 0.1) is 0 Å². The minimum absolute atomic E-state index is 0.197. The SMILES string of the molecule is C=COCCOCCOCCOCCOCCOCCOCCOC(=O)c1ccc(NCCCC)cc1. The van der Waals surface area contributed by atoms with Crippen LogP contribution in [0.25, 0.3) is 0 Å². The zero-order chi connectivity index (χ0) is 26.7. The molecule has 1 aromatic rings. The second-order valence-electron chi connectivity index (χ2n) is 7.71. The van der Waals surface area contributed by atoms with E-state index in [-0.39, 0.29) is 12.6 Å². The van der Waals surface area contributed by atoms with Crippen LogP contribution in [0.1, 0.15) is 30.1 Å². The van der Waals surface area contributed by atoms with Crippen LogP contribution >= 0.6 is 0 Å². The summed E-state index contributed by atoms with van der Waals surface area (Å²) in [7, 11) is 0. The molecule has 0 bridgehead atoms. The lowest BCUT2D eigenvalue weighted by atomic mass is 10.2. The number of carbonyl (C=O) groups excluding carboxylic acids is 1. The molecule has 0 amide bonds. The highest BCUT2D eigenvalue weighted by molar-refractivity contribution is 5.89. The van der Waals surface area contributed by atoms with Gasteiger partial charge in [-0.05, 0) is 30.7 Å². The Labute approximate surface area is 221 Å². The van der Waals surface area contributed by atoms with Crippen molar-refractivity contribution in [3.05, 3.63) is 42.7 Å². The summed E-state index contributed by atoms with van der Waals surface area (Å²) < 4.78 is 42.6. The third-order valence-corrected chi connectivity index (χ3v) is 4.76. The average Bonchev–Trinajstić information content (AvgIpc) is 2.92. The first-order chi connectivity index (χ1) is 18.3. The maximum atomic E-state index is 12.1. The Balaban J connectivity index is 1.79. The molecule has 0 heterocycles. The van der Waals surface area contributed by atoms with E-state index in [0.29, 0.717) is 91.5 Å². The highest BCUT2D eigenvalue weighted by atomic mass is 16.6. The summed E-state index contributed by atoms with van der Waals surface area (Å²) in [6.45, 7) is 12.9. The number of benzene rings is 1. The molecule has 0 spiro atoms. The number of esters is 1. The van der Waals surface area contributed by atoms with Crippen LogP contribution in [-0.2, 0) is 37.9 Å². The van der Waals surface area contributed by atoms with Crippen LogP contribution in [0.3, 0.4) is 0 Å². The van der Waals surface area contributed by atoms with Gasteiger partial charge < -0.3 is 43.2 Å². The third kappa shape index (κ3) is 20.5. The van der Waals surface area contributed by atoms with Crippen LogP contribution in [-0.4, -0.2) is 105 Å². The molecule has 0 aliphatic rings. The van der Waals surface area contributed by atoms with Crippen molar-refractivity contribution in [2.24, 2.45) is 0 Å². The number of ether oxygens (including phenoxy) is 8. The summed E-state index contributed by atoms with van der Waals surface area (Å²) in [6, 6.07) is 7.29. The van der Waals surface area contributed by atoms with Crippen molar-refractivity contribution >= 4 is 11.7 Å². The van der Waals surface area contributed by atoms with E-state index in [1.807, 2.05) is 12.1 Å². The fourth-order valence-electron chi connectivity index (χ4n) is 2.80. The molecule has 0 aliphatic heterocycles. The van der Waals surface area contributed by atoms with Gasteiger partial charge in [-0.25, -0.2) is 4.79 Å². The molecule has 10 heteroatoms. The number of hydrogen-bond acceptors (Lipinski definition) is 10. The Morgan fingerprint density at radius 3 is 1.57 bits per heavy atom. The van der Waals surface area contributed by atoms with Crippen LogP contribution in [0.4, 0.5) is 5.69 Å². The predicted octanol–water partition coefficient (Wildman–Crippen LogP) is 3.32. The Hall–Kier alpha value is -2.21. The summed E-state index contributed by atoms with van der Waals surface area (Å²) >= 11 is 0. The van der Waals surface area contributed by atoms with E-state index in [1.165, 1.54) is 6.26 Å². The highest BCUT2D eigenvalue weighted by Gasteiger charge is 2.06. The van der Waals surface area contributed by atoms with E-state index < -0.39 is 0 Å². The van der Waals surface area contributed by atoms with E-state index in [4.69, 9.17) is 37.9 Å². The second kappa shape index (κ2) is 25.4. The quantitative estimate of drug-likeness (QED) is 0.104. The standard InChI is InChI=1S/C27H45NO9/c1-3-5-10-28-26-8-6-25(7-9-26)27(29)37-24-23-36-22-21-35-20-19-34-18-17-33-16-15-32-14-13-31-12-11-30-4-2/h4,6-9,28H,2-3,5,10-24H2,1H3. The second-order valence-corrected chi connectivity index (χ2v) is 7.71. The molecule has 10 nitrogen and oxygen atoms in total. The summed E-state index contributed by atoms with van der Waals surface area (Å²) in [4.78, 5) is 12.1. The lowest BCUT2D eigenvalue weighted by Crippen LogP contribution is -2.15. The Kier molecular flexibility index (Phi) is 22.6. The first kappa shape index (κ1) is 32.8. The van der Waals surface area contributed by atoms with Gasteiger partial charge in [-0.15, -0.1) is 0 Å². The number of rotatable bonds is 27. The first-order valence-electron chi connectivity index (χ1n) is 13.0. The molecule has 0 unspecified atom stereocenters. The summed E-state index contributed by atoms with van der Waals surface area (Å²) in [5, 5.41) is 3.31. The maximum Gasteiger partial charge on any atom is 0.338 e. The van der Waals surface area contributed by atoms with Crippen molar-refractivity contribution in [2.75, 3.05) is 104 Å². The molecule has 0 saturated carbocycles. The minimum Gasteiger partial charge on any atom is -0.499 e. The number of unbranched alkanes of at least 4 members (excludes halogenated alkanes) is 1. The summed E-state index contributed by atoms with van der Waals surface area (Å²) in [5.41, 5.74) is 1.52. The topological polar surface area (TPSA) is 103 Å². The summed E-state index contributed by atoms with van der Waals surface area (Å²) in [5.74, 6) is -0.357. The van der Waals surface area contributed by atoms with E-state index in [2.05, 4.69) is 18.8 Å². The third-order valence-electron chi connectivity index (χ3n) is 4.76. The van der Waals surface area contributed by atoms with Crippen LogP contribution < -0.4 is 5.32 Å². The van der Waals surface area contributed by atoms with Gasteiger partial charge in [0.2, 0.25) is 0 Å². The average molecular weight is 528 g/mol. The Bertz CT molecular complexity index is 658. The molecule has 1 rings (SSSR count). The molecule has 0 aliphatic carbocycles. The normalized spacial score (nSPS) is 10.8. The first-order valence-corrected chi connectivity index (χ1v) is 13.0. The Morgan fingerprint density at radius 2 is 1.14 bits per heavy atom. The van der Waals surface area contributed by atoms with Crippen LogP contribution in [0.5, 0.6) is 0 Å². The van der Waals surface area contributed by atoms with Gasteiger partial charge in [-0.2, -0.15) is 0 Å². The lowest BCUT2D eigenvalue weighted by Gasteiger charge is -2.09. The van der Waals surface area contributed by atoms with Crippen LogP contribution in [0.15, 0.2) is 37.1 Å². The van der Waals surface area contributed by atoms with Crippen molar-refractivity contribution in [1.29, 1.82) is 0 Å². The van der Waals surface area contributed by atoms with Gasteiger partial charge in [0, 0.05) is 12.2 Å². The molecule has 0 atom stereocenters. The molecule has 0 saturated heterocycles. The van der Waals surface area contributed by atoms with Gasteiger partial charge >= 0.3 is 5.97 Å². The lowest BCUT2D eigenvalue weighted by molar-refractivity contribution is -0.0206. The van der Waals surface area contributed by atoms with E-state index in [0.717, 1.165) is 25.1 Å². The molecule has 0 fully saturated rings. The van der Waals surface area contributed by atoms with E-state index >= 15 is 0 Å². The van der Waals surface area contributed by atoms with Gasteiger partial charge in [-0.1, -0.05) is 19.9 Å². The molecule has 0 radical (unpaired) electrons. The number of nitrogens with one attached hydrogen (secondary N) is 1. The van der Waals surface area contributed by atoms with Gasteiger partial charge in [-0.3, -0.25) is 0 Å². The number of hydrogen-bond donors (Lipinski definition) is 1. The zero-order valence-electron chi connectivity index (χ0n) is 22.3. The van der Waals surface area contributed by atoms with Crippen molar-refractivity contribution in [1.82, 2.24) is 0 Å². The van der Waals surface area contributed by atoms with Crippen LogP contribution in [0.2, 0.25) is 0 Å². The molecular formula is C27H45NO9. The fourth-order valence-corrected chi connectivity index (χ4v) is 2.80. The summed E-state index contributed by atoms with van der Waals surface area (Å²) in [6.07, 6.45) is 3.64. The van der Waals surface area contributed by atoms with E-state index in [9.17, 15) is 4.79 Å². The molecule has 212 valence electrons. The molecule has 1 aromatic carbocycles. The smallest absolute Gasteiger partial charge is 0.338 e. The number of carbonyl (C=O) groups is 1. The van der Waals surface area contributed by atoms with Gasteiger partial charge in [0.15, 0.2) is 0 Å². The maximum absolute atomic E-state index is 12.1. The van der Waals surface area contributed by atoms with Crippen molar-refractivity contribution in [3.63, 3.8) is 0 Å². The number of anilines is 1. The van der Waals surface area contributed by atoms with Crippen molar-refractivity contribution in [3.8, 4) is 0 Å². The highest BCUT2D eigenvalue weighted by Crippen LogP contribution is 2.10. The molecule has 0 aromatic heterocycles. The van der Waals surface area contributed by atoms with E-state index in [1.54, 1.807) is 12.1 Å². The fraction of sp³-hybridized carbons (Fsp3) is 0.667. The van der Waals surface area contributed by atoms with Crippen molar-refractivity contribution in [2.45, 2.75) is 19.8 Å². The minimum atomic E-state index is -0.357. The monoisotopic (exact) mass is 527 g/mol. The zero-order valence-corrected chi connectivity index (χ0v) is 22.3. The molecule has 1 N–H and O–H groups in total. The Morgan fingerprint density at radius 1 is 0.703 bits per heavy atom. The largest absolute Gasteiger partial charge is 0.499 e. The predicted molar refractivity (Wildman–Crippen MR) is 141 cm³/mol. The van der Waals surface area contributed by atoms with Crippen molar-refractivity contribution < 1.29 is 42.7 Å². The van der Waals surface area contributed by atoms with Gasteiger partial charge in [0.25, 0.3) is 0 Å².